The molecule has 1 atom stereocenters. The molecule has 0 fully saturated rings. The van der Waals surface area contributed by atoms with E-state index in [1.807, 2.05) is 48.5 Å². The minimum atomic E-state index is -0.146. The summed E-state index contributed by atoms with van der Waals surface area (Å²) < 4.78 is 11.7. The molecule has 0 saturated heterocycles. The molecular formula is C28H26N2O4S2. The Hall–Kier alpha value is -3.49. The third-order valence-corrected chi connectivity index (χ3v) is 8.86. The van der Waals surface area contributed by atoms with Crippen molar-refractivity contribution in [3.8, 4) is 5.75 Å². The smallest absolute Gasteiger partial charge is 0.262 e. The van der Waals surface area contributed by atoms with E-state index in [1.54, 1.807) is 31.2 Å². The van der Waals surface area contributed by atoms with Crippen molar-refractivity contribution in [3.05, 3.63) is 106 Å². The number of hydrogen-bond acceptors (Lipinski definition) is 7. The summed E-state index contributed by atoms with van der Waals surface area (Å²) >= 11 is 3.15. The fraction of sp³-hybridized carbons (Fsp3) is 0.214. The highest BCUT2D eigenvalue weighted by Gasteiger charge is 2.34. The summed E-state index contributed by atoms with van der Waals surface area (Å²) in [5, 5.41) is 16.7. The molecular weight excluding hydrogens is 492 g/mol. The molecule has 5 rings (SSSR count). The van der Waals surface area contributed by atoms with E-state index < -0.39 is 0 Å². The fourth-order valence-corrected chi connectivity index (χ4v) is 6.99. The van der Waals surface area contributed by atoms with Crippen LogP contribution in [0.15, 0.2) is 86.8 Å². The number of nitrogens with one attached hydrogen (secondary N) is 1. The average molecular weight is 519 g/mol. The number of benzene rings is 2. The van der Waals surface area contributed by atoms with Crippen LogP contribution in [0.25, 0.3) is 0 Å². The van der Waals surface area contributed by atoms with Crippen molar-refractivity contribution < 1.29 is 19.2 Å². The number of nitrogens with zero attached hydrogens (tertiary/aromatic N) is 1. The van der Waals surface area contributed by atoms with Gasteiger partial charge < -0.3 is 19.7 Å². The van der Waals surface area contributed by atoms with Crippen molar-refractivity contribution >= 4 is 34.7 Å². The lowest BCUT2D eigenvalue weighted by molar-refractivity contribution is 0.0951. The van der Waals surface area contributed by atoms with Gasteiger partial charge in [0.1, 0.15) is 11.5 Å². The largest absolute Gasteiger partial charge is 0.497 e. The fourth-order valence-electron chi connectivity index (χ4n) is 4.45. The van der Waals surface area contributed by atoms with Crippen LogP contribution in [0.3, 0.4) is 0 Å². The van der Waals surface area contributed by atoms with E-state index in [1.165, 1.54) is 16.9 Å². The molecule has 1 unspecified atom stereocenters. The Bertz CT molecular complexity index is 1350. The molecule has 2 aromatic carbocycles. The van der Waals surface area contributed by atoms with Crippen molar-refractivity contribution in [2.75, 3.05) is 7.11 Å². The number of carbonyl (C=O) groups excluding carboxylic acids is 1. The summed E-state index contributed by atoms with van der Waals surface area (Å²) in [5.74, 6) is 2.20. The summed E-state index contributed by atoms with van der Waals surface area (Å²) in [6.07, 6.45) is 2.88. The number of rotatable bonds is 8. The number of methoxy groups -OCH3 is 1. The number of thioether (sulfide) groups is 1. The van der Waals surface area contributed by atoms with Crippen molar-refractivity contribution in [2.45, 2.75) is 35.3 Å². The maximum absolute atomic E-state index is 13.4. The van der Waals surface area contributed by atoms with Gasteiger partial charge in [-0.1, -0.05) is 47.6 Å². The molecule has 1 aliphatic carbocycles. The van der Waals surface area contributed by atoms with E-state index in [0.717, 1.165) is 32.4 Å². The van der Waals surface area contributed by atoms with Gasteiger partial charge in [-0.3, -0.25) is 4.79 Å². The molecule has 184 valence electrons. The Morgan fingerprint density at radius 3 is 2.64 bits per heavy atom. The average Bonchev–Trinajstić information content (AvgIpc) is 3.59. The third kappa shape index (κ3) is 5.20. The van der Waals surface area contributed by atoms with Crippen LogP contribution in [0.2, 0.25) is 0 Å². The zero-order valence-corrected chi connectivity index (χ0v) is 21.4. The first kappa shape index (κ1) is 24.2. The topological polar surface area (TPSA) is 84.1 Å². The zero-order chi connectivity index (χ0) is 24.9. The molecule has 2 aromatic heterocycles. The van der Waals surface area contributed by atoms with Gasteiger partial charge in [-0.2, -0.15) is 0 Å². The lowest BCUT2D eigenvalue weighted by Crippen LogP contribution is -2.25. The van der Waals surface area contributed by atoms with Crippen LogP contribution in [0.5, 0.6) is 5.75 Å². The predicted octanol–water partition coefficient (Wildman–Crippen LogP) is 6.48. The van der Waals surface area contributed by atoms with E-state index in [-0.39, 0.29) is 11.8 Å². The standard InChI is InChI=1S/C28H26N2O4S2/c1-33-21-11-9-19(10-12-21)20-14-23-25(24(15-20)30-32)28(35-17-18-6-3-2-4-7-18)36-26(23)27(31)29-16-22-8-5-13-34-22/h2-13,20,32H,14-17H2,1H3,(H,29,31). The molecule has 0 saturated carbocycles. The number of furan rings is 1. The molecule has 8 heteroatoms. The van der Waals surface area contributed by atoms with Gasteiger partial charge in [-0.15, -0.1) is 23.1 Å². The molecule has 1 aliphatic rings. The molecule has 2 N–H and O–H groups in total. The summed E-state index contributed by atoms with van der Waals surface area (Å²) in [6.45, 7) is 0.313. The molecule has 0 bridgehead atoms. The van der Waals surface area contributed by atoms with Crippen molar-refractivity contribution in [1.29, 1.82) is 0 Å². The second-order valence-electron chi connectivity index (χ2n) is 8.53. The Labute approximate surface area is 218 Å². The van der Waals surface area contributed by atoms with Gasteiger partial charge in [-0.05, 0) is 53.3 Å². The highest BCUT2D eigenvalue weighted by Crippen LogP contribution is 2.45. The summed E-state index contributed by atoms with van der Waals surface area (Å²) in [4.78, 5) is 14.0. The van der Waals surface area contributed by atoms with E-state index in [9.17, 15) is 10.0 Å². The van der Waals surface area contributed by atoms with Crippen LogP contribution < -0.4 is 10.1 Å². The third-order valence-electron chi connectivity index (χ3n) is 6.28. The summed E-state index contributed by atoms with van der Waals surface area (Å²) in [7, 11) is 1.64. The molecule has 1 amide bonds. The molecule has 4 aromatic rings. The maximum Gasteiger partial charge on any atom is 0.262 e. The number of ether oxygens (including phenoxy) is 1. The lowest BCUT2D eigenvalue weighted by Gasteiger charge is -2.25. The lowest BCUT2D eigenvalue weighted by atomic mass is 9.80. The van der Waals surface area contributed by atoms with E-state index >= 15 is 0 Å². The van der Waals surface area contributed by atoms with Crippen LogP contribution in [0.1, 0.15) is 50.0 Å². The van der Waals surface area contributed by atoms with Crippen molar-refractivity contribution in [3.63, 3.8) is 0 Å². The monoisotopic (exact) mass is 518 g/mol. The number of oxime groups is 1. The quantitative estimate of drug-likeness (QED) is 0.158. The highest BCUT2D eigenvalue weighted by atomic mass is 32.2. The van der Waals surface area contributed by atoms with Gasteiger partial charge in [0, 0.05) is 17.7 Å². The number of hydrogen-bond donors (Lipinski definition) is 2. The molecule has 6 nitrogen and oxygen atoms in total. The number of thiophene rings is 1. The van der Waals surface area contributed by atoms with Crippen molar-refractivity contribution in [2.24, 2.45) is 5.16 Å². The SMILES string of the molecule is COc1ccc(C2CC(=NO)c3c(SCc4ccccc4)sc(C(=O)NCc4ccco4)c3C2)cc1. The Morgan fingerprint density at radius 2 is 1.94 bits per heavy atom. The van der Waals surface area contributed by atoms with E-state index in [0.29, 0.717) is 35.7 Å². The Balaban J connectivity index is 1.48. The first-order valence-corrected chi connectivity index (χ1v) is 13.4. The minimum Gasteiger partial charge on any atom is -0.497 e. The molecule has 2 heterocycles. The summed E-state index contributed by atoms with van der Waals surface area (Å²) in [5.41, 5.74) is 4.77. The first-order valence-electron chi connectivity index (χ1n) is 11.6. The number of carbonyl (C=O) groups is 1. The Kier molecular flexibility index (Phi) is 7.44. The van der Waals surface area contributed by atoms with E-state index in [2.05, 4.69) is 22.6 Å². The van der Waals surface area contributed by atoms with Crippen LogP contribution in [-0.4, -0.2) is 23.9 Å². The van der Waals surface area contributed by atoms with Gasteiger partial charge in [0.2, 0.25) is 0 Å². The maximum atomic E-state index is 13.4. The molecule has 0 aliphatic heterocycles. The van der Waals surface area contributed by atoms with Gasteiger partial charge in [0.25, 0.3) is 5.91 Å². The van der Waals surface area contributed by atoms with Crippen LogP contribution >= 0.6 is 23.1 Å². The number of amides is 1. The normalized spacial score (nSPS) is 16.0. The zero-order valence-electron chi connectivity index (χ0n) is 19.8. The molecule has 36 heavy (non-hydrogen) atoms. The minimum absolute atomic E-state index is 0.0903. The van der Waals surface area contributed by atoms with Gasteiger partial charge >= 0.3 is 0 Å². The molecule has 0 spiro atoms. The van der Waals surface area contributed by atoms with Crippen LogP contribution in [0.4, 0.5) is 0 Å². The Morgan fingerprint density at radius 1 is 1.14 bits per heavy atom. The van der Waals surface area contributed by atoms with Gasteiger partial charge in [0.15, 0.2) is 0 Å². The second-order valence-corrected chi connectivity index (χ2v) is 10.8. The highest BCUT2D eigenvalue weighted by molar-refractivity contribution is 8.00. The van der Waals surface area contributed by atoms with Crippen molar-refractivity contribution in [1.82, 2.24) is 5.32 Å². The predicted molar refractivity (Wildman–Crippen MR) is 143 cm³/mol. The second kappa shape index (κ2) is 11.1. The van der Waals surface area contributed by atoms with Crippen LogP contribution in [-0.2, 0) is 18.7 Å². The van der Waals surface area contributed by atoms with Gasteiger partial charge in [0.05, 0.1) is 34.7 Å². The number of fused-ring (bicyclic) bond motifs is 1. The first-order chi connectivity index (χ1) is 17.7. The van der Waals surface area contributed by atoms with Gasteiger partial charge in [-0.25, -0.2) is 0 Å². The molecule has 0 radical (unpaired) electrons. The summed E-state index contributed by atoms with van der Waals surface area (Å²) in [6, 6.07) is 21.8. The van der Waals surface area contributed by atoms with E-state index in [4.69, 9.17) is 9.15 Å². The van der Waals surface area contributed by atoms with Crippen LogP contribution in [0, 0.1) is 0 Å².